The number of carbonyl (C=O) groups is 2. The summed E-state index contributed by atoms with van der Waals surface area (Å²) in [6, 6.07) is 10.3. The van der Waals surface area contributed by atoms with Gasteiger partial charge in [0.05, 0.1) is 12.2 Å². The summed E-state index contributed by atoms with van der Waals surface area (Å²) in [7, 11) is 1.78. The number of hydrogen-bond donors (Lipinski definition) is 1. The van der Waals surface area contributed by atoms with Crippen molar-refractivity contribution in [3.63, 3.8) is 0 Å². The Morgan fingerprint density at radius 1 is 1.26 bits per heavy atom. The minimum Gasteiger partial charge on any atom is -0.462 e. The number of thiophene rings is 1. The van der Waals surface area contributed by atoms with E-state index in [1.165, 1.54) is 16.9 Å². The van der Waals surface area contributed by atoms with Crippen molar-refractivity contribution in [3.8, 4) is 0 Å². The molecule has 0 radical (unpaired) electrons. The number of nitrogens with zero attached hydrogens (tertiary/aromatic N) is 3. The molecular weight excluding hydrogens is 412 g/mol. The Morgan fingerprint density at radius 2 is 2.03 bits per heavy atom. The molecule has 0 fully saturated rings. The van der Waals surface area contributed by atoms with Crippen LogP contribution in [0.5, 0.6) is 0 Å². The number of ether oxygens (including phenoxy) is 1. The summed E-state index contributed by atoms with van der Waals surface area (Å²) in [5.41, 5.74) is 3.87. The fourth-order valence-electron chi connectivity index (χ4n) is 3.93. The van der Waals surface area contributed by atoms with E-state index in [0.717, 1.165) is 42.1 Å². The van der Waals surface area contributed by atoms with E-state index >= 15 is 0 Å². The first kappa shape index (κ1) is 21.3. The number of benzene rings is 1. The average Bonchev–Trinajstić information content (AvgIpc) is 3.27. The molecule has 3 heterocycles. The van der Waals surface area contributed by atoms with Crippen LogP contribution in [0, 0.1) is 6.92 Å². The maximum atomic E-state index is 12.9. The van der Waals surface area contributed by atoms with Gasteiger partial charge in [0.2, 0.25) is 0 Å². The summed E-state index contributed by atoms with van der Waals surface area (Å²) >= 11 is 1.46. The molecule has 0 spiro atoms. The molecule has 0 bridgehead atoms. The van der Waals surface area contributed by atoms with Crippen LogP contribution in [-0.2, 0) is 31.3 Å². The van der Waals surface area contributed by atoms with Crippen molar-refractivity contribution in [1.82, 2.24) is 14.7 Å². The van der Waals surface area contributed by atoms with Crippen LogP contribution in [0.1, 0.15) is 49.3 Å². The lowest BCUT2D eigenvalue weighted by molar-refractivity contribution is 0.0526. The molecule has 0 saturated carbocycles. The van der Waals surface area contributed by atoms with Gasteiger partial charge >= 0.3 is 5.97 Å². The molecule has 7 nitrogen and oxygen atoms in total. The largest absolute Gasteiger partial charge is 0.462 e. The SMILES string of the molecule is CCOC(=O)c1c(NC(=O)c2nn(C)cc2C)sc2c1CCN(Cc1ccccc1)C2. The van der Waals surface area contributed by atoms with Gasteiger partial charge in [0.25, 0.3) is 5.91 Å². The molecule has 8 heteroatoms. The van der Waals surface area contributed by atoms with Gasteiger partial charge in [0, 0.05) is 43.3 Å². The molecule has 3 aromatic rings. The molecule has 0 unspecified atom stereocenters. The number of nitrogens with one attached hydrogen (secondary N) is 1. The van der Waals surface area contributed by atoms with E-state index in [4.69, 9.17) is 4.74 Å². The standard InChI is InChI=1S/C23H26N4O3S/c1-4-30-23(29)19-17-10-11-27(13-16-8-6-5-7-9-16)14-18(17)31-22(19)24-21(28)20-15(2)12-26(3)25-20/h5-9,12H,4,10-11,13-14H2,1-3H3,(H,24,28). The quantitative estimate of drug-likeness (QED) is 0.593. The number of aryl methyl sites for hydroxylation is 2. The lowest BCUT2D eigenvalue weighted by atomic mass is 10.0. The molecule has 1 aliphatic heterocycles. The van der Waals surface area contributed by atoms with Gasteiger partial charge in [-0.15, -0.1) is 11.3 Å². The first-order valence-corrected chi connectivity index (χ1v) is 11.2. The lowest BCUT2D eigenvalue weighted by Gasteiger charge is -2.27. The molecule has 1 amide bonds. The number of aromatic nitrogens is 2. The van der Waals surface area contributed by atoms with Gasteiger partial charge in [-0.3, -0.25) is 14.4 Å². The van der Waals surface area contributed by atoms with E-state index in [1.807, 2.05) is 25.1 Å². The Hall–Kier alpha value is -2.97. The van der Waals surface area contributed by atoms with Crippen LogP contribution >= 0.6 is 11.3 Å². The predicted molar refractivity (Wildman–Crippen MR) is 120 cm³/mol. The van der Waals surface area contributed by atoms with Crippen molar-refractivity contribution in [2.24, 2.45) is 7.05 Å². The summed E-state index contributed by atoms with van der Waals surface area (Å²) in [6.45, 7) is 6.35. The Bertz CT molecular complexity index is 1100. The van der Waals surface area contributed by atoms with Gasteiger partial charge in [0.1, 0.15) is 5.00 Å². The van der Waals surface area contributed by atoms with Crippen molar-refractivity contribution in [2.75, 3.05) is 18.5 Å². The number of hydrogen-bond acceptors (Lipinski definition) is 6. The minimum absolute atomic E-state index is 0.288. The highest BCUT2D eigenvalue weighted by molar-refractivity contribution is 7.17. The molecule has 0 aliphatic carbocycles. The normalized spacial score (nSPS) is 13.6. The smallest absolute Gasteiger partial charge is 0.341 e. The van der Waals surface area contributed by atoms with Crippen molar-refractivity contribution >= 4 is 28.2 Å². The second kappa shape index (κ2) is 9.03. The lowest BCUT2D eigenvalue weighted by Crippen LogP contribution is -2.29. The van der Waals surface area contributed by atoms with Gasteiger partial charge in [-0.2, -0.15) is 5.10 Å². The maximum Gasteiger partial charge on any atom is 0.341 e. The van der Waals surface area contributed by atoms with Crippen LogP contribution in [0.15, 0.2) is 36.5 Å². The van der Waals surface area contributed by atoms with E-state index in [0.29, 0.717) is 16.3 Å². The molecule has 2 aromatic heterocycles. The third kappa shape index (κ3) is 4.55. The fraction of sp³-hybridized carbons (Fsp3) is 0.348. The highest BCUT2D eigenvalue weighted by Gasteiger charge is 2.30. The Kier molecular flexibility index (Phi) is 6.20. The number of carbonyl (C=O) groups excluding carboxylic acids is 2. The summed E-state index contributed by atoms with van der Waals surface area (Å²) in [4.78, 5) is 29.1. The molecule has 4 rings (SSSR count). The topological polar surface area (TPSA) is 76.5 Å². The van der Waals surface area contributed by atoms with Crippen molar-refractivity contribution in [2.45, 2.75) is 33.4 Å². The van der Waals surface area contributed by atoms with E-state index in [2.05, 4.69) is 27.4 Å². The molecule has 1 N–H and O–H groups in total. The third-order valence-corrected chi connectivity index (χ3v) is 6.45. The van der Waals surface area contributed by atoms with Crippen LogP contribution < -0.4 is 5.32 Å². The van der Waals surface area contributed by atoms with Crippen molar-refractivity contribution < 1.29 is 14.3 Å². The molecule has 31 heavy (non-hydrogen) atoms. The summed E-state index contributed by atoms with van der Waals surface area (Å²) in [5.74, 6) is -0.701. The zero-order valence-electron chi connectivity index (χ0n) is 18.0. The van der Waals surface area contributed by atoms with E-state index in [9.17, 15) is 9.59 Å². The minimum atomic E-state index is -0.385. The van der Waals surface area contributed by atoms with Crippen molar-refractivity contribution in [1.29, 1.82) is 0 Å². The van der Waals surface area contributed by atoms with Crippen LogP contribution in [0.3, 0.4) is 0 Å². The summed E-state index contributed by atoms with van der Waals surface area (Å²) < 4.78 is 6.92. The Balaban J connectivity index is 1.61. The molecule has 0 saturated heterocycles. The van der Waals surface area contributed by atoms with Crippen LogP contribution in [0.2, 0.25) is 0 Å². The van der Waals surface area contributed by atoms with Gasteiger partial charge < -0.3 is 10.1 Å². The Labute approximate surface area is 185 Å². The predicted octanol–water partition coefficient (Wildman–Crippen LogP) is 3.78. The molecular formula is C23H26N4O3S. The first-order chi connectivity index (χ1) is 15.0. The molecule has 0 atom stereocenters. The molecule has 1 aliphatic rings. The van der Waals surface area contributed by atoms with Crippen LogP contribution in [0.25, 0.3) is 0 Å². The third-order valence-electron chi connectivity index (χ3n) is 5.32. The zero-order chi connectivity index (χ0) is 22.0. The van der Waals surface area contributed by atoms with E-state index in [-0.39, 0.29) is 18.5 Å². The average molecular weight is 439 g/mol. The molecule has 162 valence electrons. The second-order valence-electron chi connectivity index (χ2n) is 7.66. The molecule has 1 aromatic carbocycles. The monoisotopic (exact) mass is 438 g/mol. The Morgan fingerprint density at radius 3 is 2.71 bits per heavy atom. The van der Waals surface area contributed by atoms with E-state index < -0.39 is 0 Å². The number of rotatable bonds is 6. The number of amides is 1. The van der Waals surface area contributed by atoms with Gasteiger partial charge in [0.15, 0.2) is 5.69 Å². The van der Waals surface area contributed by atoms with Crippen LogP contribution in [0.4, 0.5) is 5.00 Å². The van der Waals surface area contributed by atoms with Gasteiger partial charge in [-0.1, -0.05) is 30.3 Å². The summed E-state index contributed by atoms with van der Waals surface area (Å²) in [5, 5.41) is 7.71. The number of esters is 1. The fourth-order valence-corrected chi connectivity index (χ4v) is 5.21. The highest BCUT2D eigenvalue weighted by Crippen LogP contribution is 2.38. The second-order valence-corrected chi connectivity index (χ2v) is 8.77. The van der Waals surface area contributed by atoms with E-state index in [1.54, 1.807) is 24.9 Å². The number of anilines is 1. The van der Waals surface area contributed by atoms with Crippen LogP contribution in [-0.4, -0.2) is 39.7 Å². The number of fused-ring (bicyclic) bond motifs is 1. The van der Waals surface area contributed by atoms with Gasteiger partial charge in [-0.25, -0.2) is 4.79 Å². The zero-order valence-corrected chi connectivity index (χ0v) is 18.8. The maximum absolute atomic E-state index is 12.9. The first-order valence-electron chi connectivity index (χ1n) is 10.4. The van der Waals surface area contributed by atoms with Gasteiger partial charge in [-0.05, 0) is 31.4 Å². The summed E-state index contributed by atoms with van der Waals surface area (Å²) in [6.07, 6.45) is 2.54. The highest BCUT2D eigenvalue weighted by atomic mass is 32.1. The van der Waals surface area contributed by atoms with Crippen molar-refractivity contribution in [3.05, 3.63) is 69.4 Å².